The van der Waals surface area contributed by atoms with Crippen molar-refractivity contribution >= 4 is 17.4 Å². The standard InChI is InChI=1S/C17H25N5O4/c1-4-6-8-21(16(24)12-10-11(3)20-26-12)13-14(18)22(9-7-5-2)17(25)19-15(13)23/h10H,4-9,18H2,1-3H3,(H,19,23,25). The number of nitrogen functional groups attached to an aromatic ring is 1. The molecule has 0 aliphatic heterocycles. The largest absolute Gasteiger partial charge is 0.383 e. The molecule has 3 N–H and O–H groups in total. The molecule has 2 aromatic heterocycles. The number of rotatable bonds is 8. The average molecular weight is 363 g/mol. The van der Waals surface area contributed by atoms with Gasteiger partial charge in [0.2, 0.25) is 5.76 Å². The van der Waals surface area contributed by atoms with Gasteiger partial charge in [-0.2, -0.15) is 0 Å². The number of amides is 1. The predicted octanol–water partition coefficient (Wildman–Crippen LogP) is 1.66. The first-order valence-electron chi connectivity index (χ1n) is 8.78. The van der Waals surface area contributed by atoms with Crippen molar-refractivity contribution in [2.45, 2.75) is 53.0 Å². The predicted molar refractivity (Wildman–Crippen MR) is 98.5 cm³/mol. The fourth-order valence-corrected chi connectivity index (χ4v) is 2.60. The van der Waals surface area contributed by atoms with Crippen molar-refractivity contribution < 1.29 is 9.32 Å². The number of hydrogen-bond donors (Lipinski definition) is 2. The van der Waals surface area contributed by atoms with Gasteiger partial charge in [0.15, 0.2) is 5.69 Å². The van der Waals surface area contributed by atoms with E-state index in [1.807, 2.05) is 13.8 Å². The molecule has 0 unspecified atom stereocenters. The lowest BCUT2D eigenvalue weighted by Gasteiger charge is -2.23. The molecule has 142 valence electrons. The molecule has 0 aliphatic carbocycles. The van der Waals surface area contributed by atoms with Crippen molar-refractivity contribution in [1.82, 2.24) is 14.7 Å². The number of aromatic nitrogens is 3. The lowest BCUT2D eigenvalue weighted by Crippen LogP contribution is -2.41. The highest BCUT2D eigenvalue weighted by Gasteiger charge is 2.27. The number of nitrogens with one attached hydrogen (secondary N) is 1. The molecule has 0 aliphatic rings. The summed E-state index contributed by atoms with van der Waals surface area (Å²) in [6.45, 7) is 6.29. The molecule has 0 saturated heterocycles. The Morgan fingerprint density at radius 1 is 1.31 bits per heavy atom. The first-order chi connectivity index (χ1) is 12.4. The number of carbonyl (C=O) groups is 1. The van der Waals surface area contributed by atoms with Crippen molar-refractivity contribution in [2.24, 2.45) is 0 Å². The molecule has 1 amide bonds. The van der Waals surface area contributed by atoms with E-state index in [4.69, 9.17) is 10.3 Å². The van der Waals surface area contributed by atoms with Crippen LogP contribution in [-0.2, 0) is 6.54 Å². The Labute approximate surface area is 150 Å². The monoisotopic (exact) mass is 363 g/mol. The SMILES string of the molecule is CCCCN(C(=O)c1cc(C)no1)c1c(N)n(CCCC)c(=O)[nH]c1=O. The fourth-order valence-electron chi connectivity index (χ4n) is 2.60. The Balaban J connectivity index is 2.55. The molecule has 2 rings (SSSR count). The van der Waals surface area contributed by atoms with Crippen LogP contribution in [0, 0.1) is 6.92 Å². The van der Waals surface area contributed by atoms with Gasteiger partial charge >= 0.3 is 5.69 Å². The Kier molecular flexibility index (Phi) is 6.37. The lowest BCUT2D eigenvalue weighted by molar-refractivity contribution is 0.0950. The van der Waals surface area contributed by atoms with Crippen LogP contribution in [0.5, 0.6) is 0 Å². The Hall–Kier alpha value is -2.84. The first-order valence-corrected chi connectivity index (χ1v) is 8.78. The number of H-pyrrole nitrogens is 1. The lowest BCUT2D eigenvalue weighted by atomic mass is 10.2. The highest BCUT2D eigenvalue weighted by atomic mass is 16.5. The fraction of sp³-hybridized carbons (Fsp3) is 0.529. The quantitative estimate of drug-likeness (QED) is 0.734. The zero-order valence-corrected chi connectivity index (χ0v) is 15.4. The second kappa shape index (κ2) is 8.50. The smallest absolute Gasteiger partial charge is 0.330 e. The van der Waals surface area contributed by atoms with Crippen molar-refractivity contribution in [3.63, 3.8) is 0 Å². The van der Waals surface area contributed by atoms with Gasteiger partial charge in [-0.3, -0.25) is 24.0 Å². The number of hydrogen-bond acceptors (Lipinski definition) is 6. The molecular weight excluding hydrogens is 338 g/mol. The van der Waals surface area contributed by atoms with Crippen LogP contribution in [0.15, 0.2) is 20.2 Å². The van der Waals surface area contributed by atoms with Gasteiger partial charge in [0.1, 0.15) is 5.82 Å². The normalized spacial score (nSPS) is 10.9. The van der Waals surface area contributed by atoms with Gasteiger partial charge in [-0.15, -0.1) is 0 Å². The third-order valence-electron chi connectivity index (χ3n) is 4.04. The second-order valence-corrected chi connectivity index (χ2v) is 6.14. The molecule has 0 radical (unpaired) electrons. The van der Waals surface area contributed by atoms with Gasteiger partial charge in [0.25, 0.3) is 11.5 Å². The van der Waals surface area contributed by atoms with E-state index in [0.717, 1.165) is 19.3 Å². The van der Waals surface area contributed by atoms with E-state index in [2.05, 4.69) is 10.1 Å². The van der Waals surface area contributed by atoms with Gasteiger partial charge in [-0.1, -0.05) is 31.8 Å². The number of unbranched alkanes of at least 4 members (excludes halogenated alkanes) is 2. The molecule has 9 heteroatoms. The number of aromatic amines is 1. The van der Waals surface area contributed by atoms with Crippen LogP contribution < -0.4 is 21.9 Å². The van der Waals surface area contributed by atoms with Crippen LogP contribution in [0.2, 0.25) is 0 Å². The summed E-state index contributed by atoms with van der Waals surface area (Å²) in [6.07, 6.45) is 3.05. The Morgan fingerprint density at radius 2 is 2.00 bits per heavy atom. The summed E-state index contributed by atoms with van der Waals surface area (Å²) in [5.41, 5.74) is 5.37. The molecule has 2 aromatic rings. The van der Waals surface area contributed by atoms with Crippen molar-refractivity contribution in [3.05, 3.63) is 38.4 Å². The van der Waals surface area contributed by atoms with Crippen LogP contribution in [0.1, 0.15) is 55.8 Å². The van der Waals surface area contributed by atoms with Gasteiger partial charge in [0, 0.05) is 19.2 Å². The van der Waals surface area contributed by atoms with E-state index >= 15 is 0 Å². The Bertz CT molecular complexity index is 880. The number of aryl methyl sites for hydroxylation is 1. The van der Waals surface area contributed by atoms with Crippen LogP contribution in [0.4, 0.5) is 11.5 Å². The highest BCUT2D eigenvalue weighted by Crippen LogP contribution is 2.20. The summed E-state index contributed by atoms with van der Waals surface area (Å²) < 4.78 is 6.33. The van der Waals surface area contributed by atoms with Crippen molar-refractivity contribution in [1.29, 1.82) is 0 Å². The summed E-state index contributed by atoms with van der Waals surface area (Å²) >= 11 is 0. The number of anilines is 2. The highest BCUT2D eigenvalue weighted by molar-refractivity contribution is 6.05. The maximum absolute atomic E-state index is 12.9. The summed E-state index contributed by atoms with van der Waals surface area (Å²) in [6, 6.07) is 1.50. The van der Waals surface area contributed by atoms with Crippen molar-refractivity contribution in [3.8, 4) is 0 Å². The minimum Gasteiger partial charge on any atom is -0.383 e. The van der Waals surface area contributed by atoms with Crippen LogP contribution in [-0.4, -0.2) is 27.2 Å². The molecule has 0 spiro atoms. The molecule has 0 bridgehead atoms. The summed E-state index contributed by atoms with van der Waals surface area (Å²) in [5.74, 6) is -0.520. The van der Waals surface area contributed by atoms with Crippen molar-refractivity contribution in [2.75, 3.05) is 17.2 Å². The van der Waals surface area contributed by atoms with E-state index in [9.17, 15) is 14.4 Å². The van der Waals surface area contributed by atoms with Gasteiger partial charge in [-0.05, 0) is 19.8 Å². The number of nitrogens with two attached hydrogens (primary N) is 1. The molecule has 26 heavy (non-hydrogen) atoms. The average Bonchev–Trinajstić information content (AvgIpc) is 3.03. The van der Waals surface area contributed by atoms with Gasteiger partial charge in [-0.25, -0.2) is 4.79 Å². The van der Waals surface area contributed by atoms with Crippen LogP contribution in [0.3, 0.4) is 0 Å². The topological polar surface area (TPSA) is 127 Å². The number of carbonyl (C=O) groups excluding carboxylic acids is 1. The summed E-state index contributed by atoms with van der Waals surface area (Å²) in [7, 11) is 0. The van der Waals surface area contributed by atoms with Gasteiger partial charge < -0.3 is 10.3 Å². The molecule has 9 nitrogen and oxygen atoms in total. The molecule has 0 saturated carbocycles. The maximum atomic E-state index is 12.9. The third-order valence-corrected chi connectivity index (χ3v) is 4.04. The molecule has 0 fully saturated rings. The summed E-state index contributed by atoms with van der Waals surface area (Å²) in [4.78, 5) is 40.9. The van der Waals surface area contributed by atoms with Gasteiger partial charge in [0.05, 0.1) is 5.69 Å². The first kappa shape index (κ1) is 19.5. The zero-order valence-electron chi connectivity index (χ0n) is 15.4. The Morgan fingerprint density at radius 3 is 2.58 bits per heavy atom. The minimum atomic E-state index is -0.694. The molecule has 2 heterocycles. The van der Waals surface area contributed by atoms with E-state index in [1.165, 1.54) is 15.5 Å². The second-order valence-electron chi connectivity index (χ2n) is 6.14. The molecule has 0 aromatic carbocycles. The maximum Gasteiger partial charge on any atom is 0.330 e. The zero-order chi connectivity index (χ0) is 19.3. The minimum absolute atomic E-state index is 0.0173. The van der Waals surface area contributed by atoms with E-state index in [0.29, 0.717) is 18.7 Å². The van der Waals surface area contributed by atoms with Crippen LogP contribution >= 0.6 is 0 Å². The van der Waals surface area contributed by atoms with E-state index in [-0.39, 0.29) is 23.8 Å². The van der Waals surface area contributed by atoms with E-state index < -0.39 is 17.2 Å². The van der Waals surface area contributed by atoms with Crippen LogP contribution in [0.25, 0.3) is 0 Å². The molecular formula is C17H25N5O4. The third kappa shape index (κ3) is 4.04. The number of nitrogens with zero attached hydrogens (tertiary/aromatic N) is 3. The molecule has 0 atom stereocenters. The summed E-state index contributed by atoms with van der Waals surface area (Å²) in [5, 5.41) is 3.72. The van der Waals surface area contributed by atoms with E-state index in [1.54, 1.807) is 6.92 Å².